The predicted molar refractivity (Wildman–Crippen MR) is 104 cm³/mol. The van der Waals surface area contributed by atoms with Crippen LogP contribution in [-0.2, 0) is 0 Å². The van der Waals surface area contributed by atoms with E-state index in [0.29, 0.717) is 6.54 Å². The third-order valence-electron chi connectivity index (χ3n) is 5.35. The number of nitrogens with one attached hydrogen (secondary N) is 1. The maximum Gasteiger partial charge on any atom is 0.260 e. The van der Waals surface area contributed by atoms with E-state index < -0.39 is 0 Å². The standard InChI is InChI=1S/C21H19N3O2/c1-23(11-12-25)17-10-9-15-19-13(17)5-4-6-14(19)20-22-16-7-2-3-8-18(16)24(20)21(15)26/h2-10,20,22,25H,11-12H2,1H3. The molecule has 5 rings (SSSR count). The van der Waals surface area contributed by atoms with Crippen molar-refractivity contribution in [3.05, 3.63) is 65.7 Å². The Balaban J connectivity index is 1.75. The molecular weight excluding hydrogens is 326 g/mol. The zero-order valence-corrected chi connectivity index (χ0v) is 14.4. The molecule has 3 aromatic rings. The van der Waals surface area contributed by atoms with Crippen molar-refractivity contribution in [1.82, 2.24) is 0 Å². The lowest BCUT2D eigenvalue weighted by Crippen LogP contribution is -2.38. The fourth-order valence-corrected chi connectivity index (χ4v) is 4.16. The molecule has 1 unspecified atom stereocenters. The summed E-state index contributed by atoms with van der Waals surface area (Å²) in [4.78, 5) is 17.2. The predicted octanol–water partition coefficient (Wildman–Crippen LogP) is 3.35. The third-order valence-corrected chi connectivity index (χ3v) is 5.35. The number of para-hydroxylation sites is 2. The van der Waals surface area contributed by atoms with E-state index in [1.807, 2.05) is 59.3 Å². The molecule has 1 atom stereocenters. The van der Waals surface area contributed by atoms with Crippen LogP contribution in [0.5, 0.6) is 0 Å². The van der Waals surface area contributed by atoms with Crippen LogP contribution >= 0.6 is 0 Å². The molecule has 0 spiro atoms. The second-order valence-corrected chi connectivity index (χ2v) is 6.79. The van der Waals surface area contributed by atoms with Crippen molar-refractivity contribution in [1.29, 1.82) is 0 Å². The summed E-state index contributed by atoms with van der Waals surface area (Å²) in [5.74, 6) is 0.0208. The SMILES string of the molecule is CN(CCO)c1ccc2c3c(cccc13)C1Nc3ccccc3N1C2=O. The Morgan fingerprint density at radius 3 is 2.81 bits per heavy atom. The first-order valence-corrected chi connectivity index (χ1v) is 8.77. The minimum Gasteiger partial charge on any atom is -0.395 e. The summed E-state index contributed by atoms with van der Waals surface area (Å²) in [6.07, 6.45) is -0.186. The van der Waals surface area contributed by atoms with Gasteiger partial charge in [0.25, 0.3) is 5.91 Å². The Kier molecular flexibility index (Phi) is 3.21. The van der Waals surface area contributed by atoms with Crippen molar-refractivity contribution in [2.45, 2.75) is 6.17 Å². The number of rotatable bonds is 3. The Hall–Kier alpha value is -3.05. The summed E-state index contributed by atoms with van der Waals surface area (Å²) in [6, 6.07) is 18.0. The monoisotopic (exact) mass is 345 g/mol. The quantitative estimate of drug-likeness (QED) is 0.764. The molecule has 0 saturated carbocycles. The van der Waals surface area contributed by atoms with Crippen LogP contribution in [0, 0.1) is 0 Å². The topological polar surface area (TPSA) is 55.8 Å². The molecule has 2 aliphatic heterocycles. The van der Waals surface area contributed by atoms with E-state index in [1.165, 1.54) is 0 Å². The molecule has 0 aliphatic carbocycles. The van der Waals surface area contributed by atoms with E-state index in [1.54, 1.807) is 0 Å². The van der Waals surface area contributed by atoms with Gasteiger partial charge in [0, 0.05) is 41.2 Å². The van der Waals surface area contributed by atoms with Gasteiger partial charge in [-0.1, -0.05) is 30.3 Å². The second-order valence-electron chi connectivity index (χ2n) is 6.79. The van der Waals surface area contributed by atoms with E-state index in [9.17, 15) is 9.90 Å². The summed E-state index contributed by atoms with van der Waals surface area (Å²) < 4.78 is 0. The summed E-state index contributed by atoms with van der Waals surface area (Å²) in [6.45, 7) is 0.636. The summed E-state index contributed by atoms with van der Waals surface area (Å²) in [7, 11) is 1.96. The fourth-order valence-electron chi connectivity index (χ4n) is 4.16. The van der Waals surface area contributed by atoms with Crippen LogP contribution in [0.15, 0.2) is 54.6 Å². The average molecular weight is 345 g/mol. The number of nitrogens with zero attached hydrogens (tertiary/aromatic N) is 2. The summed E-state index contributed by atoms with van der Waals surface area (Å²) in [5.41, 5.74) is 4.76. The fraction of sp³-hybridized carbons (Fsp3) is 0.190. The molecule has 130 valence electrons. The number of likely N-dealkylation sites (N-methyl/N-ethyl adjacent to an activating group) is 1. The highest BCUT2D eigenvalue weighted by Crippen LogP contribution is 2.48. The Morgan fingerprint density at radius 1 is 1.12 bits per heavy atom. The average Bonchev–Trinajstić information content (AvgIpc) is 3.05. The molecule has 0 aromatic heterocycles. The van der Waals surface area contributed by atoms with Crippen LogP contribution in [0.4, 0.5) is 17.1 Å². The van der Waals surface area contributed by atoms with E-state index in [4.69, 9.17) is 0 Å². The smallest absolute Gasteiger partial charge is 0.260 e. The number of carbonyl (C=O) groups excluding carboxylic acids is 1. The van der Waals surface area contributed by atoms with Crippen LogP contribution in [0.2, 0.25) is 0 Å². The third kappa shape index (κ3) is 1.92. The van der Waals surface area contributed by atoms with Crippen molar-refractivity contribution in [3.63, 3.8) is 0 Å². The zero-order valence-electron chi connectivity index (χ0n) is 14.4. The number of anilines is 3. The van der Waals surface area contributed by atoms with Gasteiger partial charge in [-0.25, -0.2) is 0 Å². The molecule has 3 aromatic carbocycles. The highest BCUT2D eigenvalue weighted by Gasteiger charge is 2.40. The van der Waals surface area contributed by atoms with Crippen LogP contribution in [-0.4, -0.2) is 31.2 Å². The molecule has 0 fully saturated rings. The van der Waals surface area contributed by atoms with Gasteiger partial charge < -0.3 is 15.3 Å². The van der Waals surface area contributed by atoms with Gasteiger partial charge in [-0.2, -0.15) is 0 Å². The second kappa shape index (κ2) is 5.47. The van der Waals surface area contributed by atoms with Crippen LogP contribution in [0.3, 0.4) is 0 Å². The molecule has 0 saturated heterocycles. The van der Waals surface area contributed by atoms with Gasteiger partial charge in [0.15, 0.2) is 0 Å². The number of aliphatic hydroxyl groups excluding tert-OH is 1. The lowest BCUT2D eigenvalue weighted by Gasteiger charge is -2.33. The normalized spacial score (nSPS) is 17.1. The minimum atomic E-state index is -0.186. The number of carbonyl (C=O) groups is 1. The number of hydrogen-bond acceptors (Lipinski definition) is 4. The maximum atomic E-state index is 13.3. The van der Waals surface area contributed by atoms with Crippen LogP contribution in [0.25, 0.3) is 10.8 Å². The lowest BCUT2D eigenvalue weighted by molar-refractivity contribution is 0.0980. The summed E-state index contributed by atoms with van der Waals surface area (Å²) in [5, 5.41) is 14.8. The molecule has 1 amide bonds. The van der Waals surface area contributed by atoms with Crippen molar-refractivity contribution in [2.24, 2.45) is 0 Å². The lowest BCUT2D eigenvalue weighted by atomic mass is 9.91. The van der Waals surface area contributed by atoms with E-state index in [2.05, 4.69) is 17.4 Å². The first-order valence-electron chi connectivity index (χ1n) is 8.77. The van der Waals surface area contributed by atoms with Gasteiger partial charge in [0.05, 0.1) is 18.0 Å². The number of amides is 1. The van der Waals surface area contributed by atoms with Crippen LogP contribution in [0.1, 0.15) is 22.1 Å². The van der Waals surface area contributed by atoms with Crippen molar-refractivity contribution in [3.8, 4) is 0 Å². The van der Waals surface area contributed by atoms with E-state index >= 15 is 0 Å². The van der Waals surface area contributed by atoms with Gasteiger partial charge in [0.1, 0.15) is 6.17 Å². The van der Waals surface area contributed by atoms with E-state index in [0.717, 1.165) is 39.0 Å². The van der Waals surface area contributed by atoms with Crippen molar-refractivity contribution in [2.75, 3.05) is 35.3 Å². The number of fused-ring (bicyclic) bond motifs is 4. The van der Waals surface area contributed by atoms with Gasteiger partial charge in [-0.3, -0.25) is 9.69 Å². The van der Waals surface area contributed by atoms with Gasteiger partial charge in [0.2, 0.25) is 0 Å². The Morgan fingerprint density at radius 2 is 1.96 bits per heavy atom. The first kappa shape index (κ1) is 15.2. The highest BCUT2D eigenvalue weighted by molar-refractivity contribution is 6.21. The molecular formula is C21H19N3O2. The minimum absolute atomic E-state index is 0.0208. The molecule has 26 heavy (non-hydrogen) atoms. The molecule has 0 bridgehead atoms. The first-order chi connectivity index (χ1) is 12.7. The summed E-state index contributed by atoms with van der Waals surface area (Å²) >= 11 is 0. The van der Waals surface area contributed by atoms with Crippen molar-refractivity contribution < 1.29 is 9.90 Å². The zero-order chi connectivity index (χ0) is 17.8. The van der Waals surface area contributed by atoms with E-state index in [-0.39, 0.29) is 18.7 Å². The molecule has 5 nitrogen and oxygen atoms in total. The molecule has 2 N–H and O–H groups in total. The molecule has 2 aliphatic rings. The van der Waals surface area contributed by atoms with Gasteiger partial charge >= 0.3 is 0 Å². The Bertz CT molecular complexity index is 1050. The number of benzene rings is 3. The maximum absolute atomic E-state index is 13.3. The molecule has 2 heterocycles. The number of aliphatic hydroxyl groups is 1. The van der Waals surface area contributed by atoms with Gasteiger partial charge in [-0.05, 0) is 24.3 Å². The molecule has 0 radical (unpaired) electrons. The largest absolute Gasteiger partial charge is 0.395 e. The Labute approximate surface area is 151 Å². The van der Waals surface area contributed by atoms with Gasteiger partial charge in [-0.15, -0.1) is 0 Å². The number of hydrogen-bond donors (Lipinski definition) is 2. The van der Waals surface area contributed by atoms with Crippen molar-refractivity contribution >= 4 is 33.7 Å². The highest BCUT2D eigenvalue weighted by atomic mass is 16.3. The van der Waals surface area contributed by atoms with Crippen LogP contribution < -0.4 is 15.1 Å². The molecule has 5 heteroatoms.